The zero-order valence-electron chi connectivity index (χ0n) is 13.4. The minimum absolute atomic E-state index is 0.789. The maximum atomic E-state index is 3.81. The molecule has 0 fully saturated rings. The fourth-order valence-corrected chi connectivity index (χ4v) is 2.95. The lowest BCUT2D eigenvalue weighted by Gasteiger charge is -2.19. The lowest BCUT2D eigenvalue weighted by atomic mass is 10.1. The molecule has 0 spiro atoms. The van der Waals surface area contributed by atoms with E-state index < -0.39 is 0 Å². The molecule has 0 aliphatic carbocycles. The largest absolute Gasteiger partial charge is 0.335 e. The van der Waals surface area contributed by atoms with E-state index in [1.807, 2.05) is 12.1 Å². The van der Waals surface area contributed by atoms with Crippen molar-refractivity contribution in [3.05, 3.63) is 103 Å². The number of hydrogen-bond donors (Lipinski definition) is 0. The Labute approximate surface area is 143 Å². The Morgan fingerprint density at radius 3 is 2.17 bits per heavy atom. The minimum Gasteiger partial charge on any atom is -0.335 e. The molecule has 3 aromatic carbocycles. The fourth-order valence-electron chi connectivity index (χ4n) is 2.95. The molecule has 116 valence electrons. The Morgan fingerprint density at radius 1 is 0.792 bits per heavy atom. The Morgan fingerprint density at radius 2 is 1.46 bits per heavy atom. The van der Waals surface area contributed by atoms with Crippen LogP contribution in [-0.4, -0.2) is 0 Å². The number of rotatable bonds is 4. The third kappa shape index (κ3) is 2.67. The zero-order chi connectivity index (χ0) is 16.4. The molecule has 0 saturated heterocycles. The summed E-state index contributed by atoms with van der Waals surface area (Å²) in [4.78, 5) is 4.29. The van der Waals surface area contributed by atoms with Crippen molar-refractivity contribution in [2.75, 3.05) is 9.80 Å². The first-order chi connectivity index (χ1) is 11.8. The smallest absolute Gasteiger partial charge is 0.214 e. The van der Waals surface area contributed by atoms with Gasteiger partial charge in [0.2, 0.25) is 6.67 Å². The van der Waals surface area contributed by atoms with Crippen LogP contribution in [0.15, 0.2) is 85.4 Å². The van der Waals surface area contributed by atoms with Gasteiger partial charge in [-0.1, -0.05) is 67.3 Å². The molecule has 0 aromatic heterocycles. The van der Waals surface area contributed by atoms with E-state index in [-0.39, 0.29) is 0 Å². The number of hydrogen-bond acceptors (Lipinski definition) is 2. The molecule has 0 atom stereocenters. The van der Waals surface area contributed by atoms with Crippen LogP contribution >= 0.6 is 0 Å². The third-order valence-corrected chi connectivity index (χ3v) is 4.20. The van der Waals surface area contributed by atoms with Gasteiger partial charge < -0.3 is 9.80 Å². The van der Waals surface area contributed by atoms with E-state index in [1.54, 1.807) is 0 Å². The van der Waals surface area contributed by atoms with Crippen LogP contribution < -0.4 is 9.80 Å². The molecular formula is C22H18N2. The van der Waals surface area contributed by atoms with Crippen LogP contribution in [-0.2, 0) is 6.54 Å². The number of para-hydroxylation sites is 3. The van der Waals surface area contributed by atoms with Gasteiger partial charge >= 0.3 is 0 Å². The van der Waals surface area contributed by atoms with Crippen molar-refractivity contribution >= 4 is 23.1 Å². The van der Waals surface area contributed by atoms with Crippen molar-refractivity contribution < 1.29 is 0 Å². The Hall–Kier alpha value is -3.00. The zero-order valence-corrected chi connectivity index (χ0v) is 13.4. The summed E-state index contributed by atoms with van der Waals surface area (Å²) in [7, 11) is 0. The van der Waals surface area contributed by atoms with Crippen LogP contribution in [0.5, 0.6) is 0 Å². The van der Waals surface area contributed by atoms with E-state index in [9.17, 15) is 0 Å². The monoisotopic (exact) mass is 310 g/mol. The molecule has 0 unspecified atom stereocenters. The quantitative estimate of drug-likeness (QED) is 0.629. The van der Waals surface area contributed by atoms with Gasteiger partial charge in [-0.3, -0.25) is 0 Å². The minimum atomic E-state index is 0.789. The van der Waals surface area contributed by atoms with E-state index in [4.69, 9.17) is 0 Å². The predicted octanol–water partition coefficient (Wildman–Crippen LogP) is 5.48. The van der Waals surface area contributed by atoms with Gasteiger partial charge in [0.25, 0.3) is 0 Å². The standard InChI is InChI=1S/C22H18N2/c1-2-18-12-14-19(15-13-18)16-23-17-24(20-8-4-3-5-9-20)22-11-7-6-10-21(22)23/h2-15H,1,16H2. The highest BCUT2D eigenvalue weighted by Gasteiger charge is 2.28. The molecule has 0 saturated carbocycles. The average molecular weight is 310 g/mol. The number of fused-ring (bicyclic) bond motifs is 1. The number of benzene rings is 3. The molecule has 1 aliphatic heterocycles. The lowest BCUT2D eigenvalue weighted by Crippen LogP contribution is -2.21. The maximum absolute atomic E-state index is 3.81. The second-order valence-electron chi connectivity index (χ2n) is 5.79. The molecule has 0 N–H and O–H groups in total. The van der Waals surface area contributed by atoms with Crippen LogP contribution in [0.2, 0.25) is 0 Å². The average Bonchev–Trinajstić information content (AvgIpc) is 3.02. The summed E-state index contributed by atoms with van der Waals surface area (Å²) in [5.41, 5.74) is 5.84. The molecule has 2 heteroatoms. The summed E-state index contributed by atoms with van der Waals surface area (Å²) < 4.78 is 0. The van der Waals surface area contributed by atoms with Gasteiger partial charge in [-0.05, 0) is 35.4 Å². The van der Waals surface area contributed by atoms with Crippen molar-refractivity contribution in [2.24, 2.45) is 0 Å². The van der Waals surface area contributed by atoms with E-state index >= 15 is 0 Å². The fraction of sp³-hybridized carbons (Fsp3) is 0.0455. The van der Waals surface area contributed by atoms with Gasteiger partial charge in [-0.15, -0.1) is 0 Å². The van der Waals surface area contributed by atoms with Crippen LogP contribution in [0.25, 0.3) is 6.08 Å². The molecule has 4 rings (SSSR count). The van der Waals surface area contributed by atoms with Gasteiger partial charge in [0.1, 0.15) is 0 Å². The van der Waals surface area contributed by atoms with Crippen molar-refractivity contribution in [2.45, 2.75) is 6.54 Å². The van der Waals surface area contributed by atoms with Gasteiger partial charge in [-0.2, -0.15) is 0 Å². The van der Waals surface area contributed by atoms with Crippen molar-refractivity contribution in [3.8, 4) is 0 Å². The summed E-state index contributed by atoms with van der Waals surface area (Å²) in [5.74, 6) is 0. The van der Waals surface area contributed by atoms with E-state index in [2.05, 4.69) is 95.8 Å². The van der Waals surface area contributed by atoms with Crippen LogP contribution in [0.4, 0.5) is 17.1 Å². The topological polar surface area (TPSA) is 6.48 Å². The van der Waals surface area contributed by atoms with Crippen molar-refractivity contribution in [3.63, 3.8) is 0 Å². The third-order valence-electron chi connectivity index (χ3n) is 4.20. The first kappa shape index (κ1) is 14.6. The van der Waals surface area contributed by atoms with Crippen molar-refractivity contribution in [1.82, 2.24) is 0 Å². The Kier molecular flexibility index (Phi) is 3.80. The van der Waals surface area contributed by atoms with Gasteiger partial charge in [0.15, 0.2) is 0 Å². The lowest BCUT2D eigenvalue weighted by molar-refractivity contribution is 0.916. The Balaban J connectivity index is 1.64. The molecule has 0 bridgehead atoms. The highest BCUT2D eigenvalue weighted by Crippen LogP contribution is 2.42. The summed E-state index contributed by atoms with van der Waals surface area (Å²) in [6.45, 7) is 8.09. The maximum Gasteiger partial charge on any atom is 0.214 e. The molecule has 24 heavy (non-hydrogen) atoms. The summed E-state index contributed by atoms with van der Waals surface area (Å²) in [5, 5.41) is 0. The van der Waals surface area contributed by atoms with Gasteiger partial charge in [0, 0.05) is 12.2 Å². The number of anilines is 3. The van der Waals surface area contributed by atoms with Gasteiger partial charge in [-0.25, -0.2) is 0 Å². The summed E-state index contributed by atoms with van der Waals surface area (Å²) in [6.07, 6.45) is 1.87. The highest BCUT2D eigenvalue weighted by atomic mass is 15.4. The summed E-state index contributed by atoms with van der Waals surface area (Å²) in [6, 6.07) is 27.2. The van der Waals surface area contributed by atoms with Gasteiger partial charge in [0.05, 0.1) is 11.4 Å². The molecule has 2 radical (unpaired) electrons. The van der Waals surface area contributed by atoms with Crippen LogP contribution in [0.3, 0.4) is 0 Å². The Bertz CT molecular complexity index is 837. The summed E-state index contributed by atoms with van der Waals surface area (Å²) >= 11 is 0. The second-order valence-corrected chi connectivity index (χ2v) is 5.79. The van der Waals surface area contributed by atoms with Crippen LogP contribution in [0, 0.1) is 6.67 Å². The molecule has 0 amide bonds. The predicted molar refractivity (Wildman–Crippen MR) is 101 cm³/mol. The molecule has 1 heterocycles. The first-order valence-corrected chi connectivity index (χ1v) is 8.04. The normalized spacial score (nSPS) is 13.0. The van der Waals surface area contributed by atoms with E-state index in [1.165, 1.54) is 11.3 Å². The molecule has 2 nitrogen and oxygen atoms in total. The molecular weight excluding hydrogens is 292 g/mol. The molecule has 1 aliphatic rings. The first-order valence-electron chi connectivity index (χ1n) is 8.04. The van der Waals surface area contributed by atoms with E-state index in [0.29, 0.717) is 0 Å². The number of nitrogens with zero attached hydrogens (tertiary/aromatic N) is 2. The van der Waals surface area contributed by atoms with Crippen LogP contribution in [0.1, 0.15) is 11.1 Å². The molecule has 3 aromatic rings. The van der Waals surface area contributed by atoms with E-state index in [0.717, 1.165) is 23.5 Å². The van der Waals surface area contributed by atoms with Crippen molar-refractivity contribution in [1.29, 1.82) is 0 Å². The SMILES string of the molecule is C=Cc1ccc(CN2[C]N(c3ccccc3)c3ccccc32)cc1. The highest BCUT2D eigenvalue weighted by molar-refractivity contribution is 5.84. The second kappa shape index (κ2) is 6.25.